The Kier molecular flexibility index (Phi) is 7.15. The Bertz CT molecular complexity index is 1530. The maximum absolute atomic E-state index is 14.7. The summed E-state index contributed by atoms with van der Waals surface area (Å²) in [6, 6.07) is 10.5. The number of oxazole rings is 1. The quantitative estimate of drug-likeness (QED) is 0.339. The van der Waals surface area contributed by atoms with E-state index in [1.54, 1.807) is 24.3 Å². The molecule has 11 nitrogen and oxygen atoms in total. The summed E-state index contributed by atoms with van der Waals surface area (Å²) in [5, 5.41) is 12.2. The summed E-state index contributed by atoms with van der Waals surface area (Å²) < 4.78 is 27.0. The summed E-state index contributed by atoms with van der Waals surface area (Å²) in [6.45, 7) is 2.10. The fourth-order valence-electron chi connectivity index (χ4n) is 3.24. The molecule has 186 valence electrons. The Hall–Kier alpha value is -4.45. The number of anilines is 2. The van der Waals surface area contributed by atoms with E-state index in [2.05, 4.69) is 15.3 Å². The topological polar surface area (TPSA) is 141 Å². The van der Waals surface area contributed by atoms with Crippen LogP contribution in [0.1, 0.15) is 29.4 Å². The van der Waals surface area contributed by atoms with Gasteiger partial charge in [0.1, 0.15) is 6.26 Å². The highest BCUT2D eigenvalue weighted by atomic mass is 35.5. The molecular formula is C23H19ClFN5O6. The van der Waals surface area contributed by atoms with Crippen molar-refractivity contribution in [3.8, 4) is 11.8 Å². The first-order chi connectivity index (χ1) is 17.2. The van der Waals surface area contributed by atoms with E-state index < -0.39 is 34.9 Å². The molecule has 0 aliphatic carbocycles. The van der Waals surface area contributed by atoms with Crippen LogP contribution < -0.4 is 21.4 Å². The second kappa shape index (κ2) is 10.4. The average Bonchev–Trinajstić information content (AvgIpc) is 3.31. The first kappa shape index (κ1) is 24.7. The normalized spacial score (nSPS) is 10.9. The second-order valence-corrected chi connectivity index (χ2v) is 7.98. The fourth-order valence-corrected chi connectivity index (χ4v) is 3.37. The summed E-state index contributed by atoms with van der Waals surface area (Å²) >= 11 is 5.95. The van der Waals surface area contributed by atoms with Gasteiger partial charge in [0, 0.05) is 23.3 Å². The standard InChI is InChI=1S/C23H19ClFN5O6/c1-2-9-29-21(33)28-20(30(23(29)34)11-13-3-5-14(24)6-4-13)26-15-7-8-18(16(25)10-15)36-22-27-17(12-35-22)19(31)32/h3-8,10,12H,2,9,11H2,1H3,(H,31,32)(H,26,28,33). The van der Waals surface area contributed by atoms with Crippen LogP contribution in [0.15, 0.2) is 62.7 Å². The number of nitrogens with one attached hydrogen (secondary N) is 1. The van der Waals surface area contributed by atoms with Gasteiger partial charge in [-0.3, -0.25) is 4.57 Å². The molecule has 2 N–H and O–H groups in total. The van der Waals surface area contributed by atoms with Crippen LogP contribution in [0, 0.1) is 5.82 Å². The minimum absolute atomic E-state index is 0.0785. The van der Waals surface area contributed by atoms with Crippen LogP contribution in [0.25, 0.3) is 0 Å². The maximum atomic E-state index is 14.7. The smallest absolute Gasteiger partial charge is 0.400 e. The number of carboxylic acid groups (broad SMARTS) is 1. The third kappa shape index (κ3) is 5.44. The van der Waals surface area contributed by atoms with E-state index in [0.717, 1.165) is 22.5 Å². The van der Waals surface area contributed by atoms with Gasteiger partial charge in [-0.05, 0) is 36.2 Å². The summed E-state index contributed by atoms with van der Waals surface area (Å²) in [6.07, 6.45) is 0.957. The molecule has 0 aliphatic rings. The van der Waals surface area contributed by atoms with Gasteiger partial charge in [0.25, 0.3) is 0 Å². The largest absolute Gasteiger partial charge is 0.476 e. The molecule has 0 amide bonds. The highest BCUT2D eigenvalue weighted by molar-refractivity contribution is 6.30. The van der Waals surface area contributed by atoms with E-state index in [-0.39, 0.29) is 30.5 Å². The van der Waals surface area contributed by atoms with Crippen molar-refractivity contribution in [1.82, 2.24) is 19.1 Å². The zero-order valence-corrected chi connectivity index (χ0v) is 19.5. The molecular weight excluding hydrogens is 497 g/mol. The van der Waals surface area contributed by atoms with Crippen molar-refractivity contribution >= 4 is 29.2 Å². The maximum Gasteiger partial charge on any atom is 0.400 e. The number of hydrogen-bond donors (Lipinski definition) is 2. The van der Waals surface area contributed by atoms with Crippen molar-refractivity contribution in [3.63, 3.8) is 0 Å². The van der Waals surface area contributed by atoms with E-state index in [1.165, 1.54) is 16.7 Å². The molecule has 4 rings (SSSR count). The number of aromatic carboxylic acids is 1. The molecule has 0 bridgehead atoms. The number of carboxylic acids is 1. The molecule has 0 fully saturated rings. The lowest BCUT2D eigenvalue weighted by Gasteiger charge is -2.16. The molecule has 0 saturated heterocycles. The van der Waals surface area contributed by atoms with E-state index in [9.17, 15) is 18.8 Å². The minimum atomic E-state index is -1.33. The monoisotopic (exact) mass is 515 g/mol. The molecule has 2 heterocycles. The molecule has 0 aliphatic heterocycles. The number of hydrogen-bond acceptors (Lipinski definition) is 8. The Morgan fingerprint density at radius 3 is 2.56 bits per heavy atom. The van der Waals surface area contributed by atoms with Crippen LogP contribution in [0.4, 0.5) is 16.0 Å². The zero-order chi connectivity index (χ0) is 25.8. The number of ether oxygens (including phenoxy) is 1. The number of aromatic nitrogens is 4. The number of nitrogens with zero attached hydrogens (tertiary/aromatic N) is 4. The molecule has 13 heteroatoms. The lowest BCUT2D eigenvalue weighted by atomic mass is 10.2. The van der Waals surface area contributed by atoms with Crippen LogP contribution in [0.2, 0.25) is 5.02 Å². The number of rotatable bonds is 9. The van der Waals surface area contributed by atoms with Gasteiger partial charge in [-0.2, -0.15) is 9.97 Å². The Labute approximate surface area is 207 Å². The third-order valence-electron chi connectivity index (χ3n) is 4.94. The summed E-state index contributed by atoms with van der Waals surface area (Å²) in [5.41, 5.74) is -0.813. The van der Waals surface area contributed by atoms with Gasteiger partial charge in [0.15, 0.2) is 17.3 Å². The molecule has 2 aromatic carbocycles. The highest BCUT2D eigenvalue weighted by Gasteiger charge is 2.17. The zero-order valence-electron chi connectivity index (χ0n) is 18.8. The van der Waals surface area contributed by atoms with Crippen LogP contribution in [-0.4, -0.2) is 30.2 Å². The first-order valence-corrected chi connectivity index (χ1v) is 11.0. The van der Waals surface area contributed by atoms with Crippen molar-refractivity contribution in [2.45, 2.75) is 26.4 Å². The fraction of sp³-hybridized carbons (Fsp3) is 0.174. The lowest BCUT2D eigenvalue weighted by Crippen LogP contribution is -2.42. The van der Waals surface area contributed by atoms with E-state index >= 15 is 0 Å². The second-order valence-electron chi connectivity index (χ2n) is 7.54. The first-order valence-electron chi connectivity index (χ1n) is 10.6. The van der Waals surface area contributed by atoms with E-state index in [1.807, 2.05) is 6.92 Å². The molecule has 36 heavy (non-hydrogen) atoms. The van der Waals surface area contributed by atoms with Crippen LogP contribution in [0.3, 0.4) is 0 Å². The van der Waals surface area contributed by atoms with Gasteiger partial charge in [0.2, 0.25) is 5.95 Å². The van der Waals surface area contributed by atoms with E-state index in [0.29, 0.717) is 11.4 Å². The molecule has 4 aromatic rings. The Morgan fingerprint density at radius 1 is 1.17 bits per heavy atom. The van der Waals surface area contributed by atoms with Gasteiger partial charge in [-0.25, -0.2) is 23.3 Å². The number of benzene rings is 2. The molecule has 0 saturated carbocycles. The van der Waals surface area contributed by atoms with Crippen LogP contribution in [0.5, 0.6) is 11.8 Å². The van der Waals surface area contributed by atoms with Crippen molar-refractivity contribution in [3.05, 3.63) is 91.8 Å². The van der Waals surface area contributed by atoms with Crippen LogP contribution >= 0.6 is 11.6 Å². The van der Waals surface area contributed by atoms with Gasteiger partial charge in [0.05, 0.1) is 6.54 Å². The van der Waals surface area contributed by atoms with Crippen LogP contribution in [-0.2, 0) is 13.1 Å². The molecule has 2 aromatic heterocycles. The van der Waals surface area contributed by atoms with Crippen molar-refractivity contribution in [1.29, 1.82) is 0 Å². The van der Waals surface area contributed by atoms with E-state index in [4.69, 9.17) is 25.9 Å². The molecule has 0 spiro atoms. The average molecular weight is 516 g/mol. The number of carbonyl (C=O) groups is 1. The Balaban J connectivity index is 1.65. The van der Waals surface area contributed by atoms with Crippen molar-refractivity contribution in [2.24, 2.45) is 0 Å². The SMILES string of the molecule is CCCn1c(=O)nc(Nc2ccc(Oc3nc(C(=O)O)co3)c(F)c2)n(Cc2ccc(Cl)cc2)c1=O. The summed E-state index contributed by atoms with van der Waals surface area (Å²) in [5.74, 6) is -2.55. The predicted molar refractivity (Wildman–Crippen MR) is 127 cm³/mol. The summed E-state index contributed by atoms with van der Waals surface area (Å²) in [4.78, 5) is 44.1. The van der Waals surface area contributed by atoms with Crippen molar-refractivity contribution in [2.75, 3.05) is 5.32 Å². The van der Waals surface area contributed by atoms with Gasteiger partial charge >= 0.3 is 23.4 Å². The van der Waals surface area contributed by atoms with Gasteiger partial charge in [-0.15, -0.1) is 0 Å². The molecule has 0 radical (unpaired) electrons. The molecule has 0 atom stereocenters. The highest BCUT2D eigenvalue weighted by Crippen LogP contribution is 2.27. The van der Waals surface area contributed by atoms with Gasteiger partial charge in [-0.1, -0.05) is 30.7 Å². The predicted octanol–water partition coefficient (Wildman–Crippen LogP) is 3.88. The van der Waals surface area contributed by atoms with Crippen molar-refractivity contribution < 1.29 is 23.4 Å². The van der Waals surface area contributed by atoms with Gasteiger partial charge < -0.3 is 19.6 Å². The minimum Gasteiger partial charge on any atom is -0.476 e. The molecule has 0 unspecified atom stereocenters. The Morgan fingerprint density at radius 2 is 1.92 bits per heavy atom. The third-order valence-corrected chi connectivity index (χ3v) is 5.19. The lowest BCUT2D eigenvalue weighted by molar-refractivity contribution is 0.0690. The number of halogens is 2. The summed E-state index contributed by atoms with van der Waals surface area (Å²) in [7, 11) is 0.